The fraction of sp³-hybridized carbons (Fsp3) is 0.667. The minimum atomic E-state index is 0.723. The van der Waals surface area contributed by atoms with Crippen molar-refractivity contribution in [3.63, 3.8) is 0 Å². The van der Waals surface area contributed by atoms with E-state index in [1.165, 1.54) is 19.3 Å². The molecule has 0 nitrogen and oxygen atoms in total. The molecule has 1 unspecified atom stereocenters. The third kappa shape index (κ3) is 1.05. The summed E-state index contributed by atoms with van der Waals surface area (Å²) >= 11 is 0. The Labute approximate surface area is 75.4 Å². The molecule has 1 atom stereocenters. The van der Waals surface area contributed by atoms with Crippen LogP contribution in [0.4, 0.5) is 0 Å². The molecule has 2 aliphatic carbocycles. The molecule has 0 aromatic heterocycles. The van der Waals surface area contributed by atoms with Crippen LogP contribution in [-0.4, -0.2) is 0 Å². The second-order valence-corrected chi connectivity index (χ2v) is 4.38. The monoisotopic (exact) mass is 162 g/mol. The lowest BCUT2D eigenvalue weighted by atomic mass is 9.78. The van der Waals surface area contributed by atoms with Crippen LogP contribution in [0, 0.1) is 11.8 Å². The van der Waals surface area contributed by atoms with E-state index in [1.807, 2.05) is 0 Å². The summed E-state index contributed by atoms with van der Waals surface area (Å²) in [7, 11) is 0. The summed E-state index contributed by atoms with van der Waals surface area (Å²) in [4.78, 5) is 0. The van der Waals surface area contributed by atoms with Crippen LogP contribution in [-0.2, 0) is 0 Å². The first-order valence-electron chi connectivity index (χ1n) is 5.09. The molecule has 0 spiro atoms. The first-order valence-corrected chi connectivity index (χ1v) is 5.09. The maximum absolute atomic E-state index is 2.43. The molecule has 0 heteroatoms. The lowest BCUT2D eigenvalue weighted by molar-refractivity contribution is 0.372. The summed E-state index contributed by atoms with van der Waals surface area (Å²) in [5.41, 5.74) is 4.87. The van der Waals surface area contributed by atoms with Crippen molar-refractivity contribution in [3.05, 3.63) is 22.8 Å². The number of rotatable bonds is 1. The maximum Gasteiger partial charge on any atom is -0.00178 e. The van der Waals surface area contributed by atoms with Gasteiger partial charge in [-0.2, -0.15) is 0 Å². The summed E-state index contributed by atoms with van der Waals surface area (Å²) in [6.45, 7) is 6.90. The molecule has 0 amide bonds. The highest BCUT2D eigenvalue weighted by atomic mass is 14.3. The van der Waals surface area contributed by atoms with Crippen molar-refractivity contribution in [2.75, 3.05) is 0 Å². The summed E-state index contributed by atoms with van der Waals surface area (Å²) < 4.78 is 0. The second kappa shape index (κ2) is 2.76. The smallest absolute Gasteiger partial charge is 0.00178 e. The van der Waals surface area contributed by atoms with Crippen LogP contribution < -0.4 is 0 Å². The van der Waals surface area contributed by atoms with Crippen molar-refractivity contribution in [2.45, 2.75) is 40.0 Å². The average Bonchev–Trinajstić information content (AvgIpc) is 2.15. The Hall–Kier alpha value is -0.520. The van der Waals surface area contributed by atoms with E-state index >= 15 is 0 Å². The van der Waals surface area contributed by atoms with Crippen molar-refractivity contribution < 1.29 is 0 Å². The Bertz CT molecular complexity index is 251. The van der Waals surface area contributed by atoms with E-state index in [-0.39, 0.29) is 0 Å². The Morgan fingerprint density at radius 2 is 1.92 bits per heavy atom. The molecule has 1 fully saturated rings. The summed E-state index contributed by atoms with van der Waals surface area (Å²) in [6, 6.07) is 0. The van der Waals surface area contributed by atoms with Gasteiger partial charge >= 0.3 is 0 Å². The van der Waals surface area contributed by atoms with Gasteiger partial charge < -0.3 is 0 Å². The zero-order valence-corrected chi connectivity index (χ0v) is 8.35. The Morgan fingerprint density at radius 1 is 1.25 bits per heavy atom. The fourth-order valence-corrected chi connectivity index (χ4v) is 2.23. The average molecular weight is 162 g/mol. The van der Waals surface area contributed by atoms with Crippen LogP contribution in [0.25, 0.3) is 0 Å². The van der Waals surface area contributed by atoms with Crippen molar-refractivity contribution in [3.8, 4) is 0 Å². The first kappa shape index (κ1) is 8.10. The van der Waals surface area contributed by atoms with Crippen molar-refractivity contribution >= 4 is 0 Å². The minimum Gasteiger partial charge on any atom is -0.0661 e. The van der Waals surface area contributed by atoms with Crippen LogP contribution >= 0.6 is 0 Å². The Morgan fingerprint density at radius 3 is 2.25 bits per heavy atom. The lowest BCUT2D eigenvalue weighted by Gasteiger charge is -2.27. The molecule has 1 saturated carbocycles. The van der Waals surface area contributed by atoms with Crippen LogP contribution in [0.3, 0.4) is 0 Å². The standard InChI is InChI=1S/C12H18/c1-8-7-12(10(3)9(8)2)11-5-4-6-11/h7,9,11H,4-6H2,1-3H3. The predicted octanol–water partition coefficient (Wildman–Crippen LogP) is 3.70. The highest BCUT2D eigenvalue weighted by molar-refractivity contribution is 5.42. The molecular weight excluding hydrogens is 144 g/mol. The molecule has 0 N–H and O–H groups in total. The molecule has 0 saturated heterocycles. The largest absolute Gasteiger partial charge is 0.0661 e. The van der Waals surface area contributed by atoms with Gasteiger partial charge in [0.05, 0.1) is 0 Å². The van der Waals surface area contributed by atoms with Gasteiger partial charge in [0.15, 0.2) is 0 Å². The van der Waals surface area contributed by atoms with E-state index in [2.05, 4.69) is 26.8 Å². The van der Waals surface area contributed by atoms with E-state index in [0.717, 1.165) is 11.8 Å². The highest BCUT2D eigenvalue weighted by Gasteiger charge is 2.27. The Kier molecular flexibility index (Phi) is 1.86. The van der Waals surface area contributed by atoms with Crippen LogP contribution in [0.15, 0.2) is 22.8 Å². The van der Waals surface area contributed by atoms with Crippen molar-refractivity contribution in [1.29, 1.82) is 0 Å². The zero-order valence-electron chi connectivity index (χ0n) is 8.35. The zero-order chi connectivity index (χ0) is 8.72. The molecular formula is C12H18. The molecule has 66 valence electrons. The molecule has 0 radical (unpaired) electrons. The van der Waals surface area contributed by atoms with Crippen LogP contribution in [0.2, 0.25) is 0 Å². The third-order valence-electron chi connectivity index (χ3n) is 3.72. The van der Waals surface area contributed by atoms with E-state index in [4.69, 9.17) is 0 Å². The van der Waals surface area contributed by atoms with E-state index < -0.39 is 0 Å². The molecule has 2 rings (SSSR count). The minimum absolute atomic E-state index is 0.723. The predicted molar refractivity (Wildman–Crippen MR) is 53.0 cm³/mol. The molecule has 12 heavy (non-hydrogen) atoms. The van der Waals surface area contributed by atoms with Gasteiger partial charge in [-0.25, -0.2) is 0 Å². The molecule has 2 aliphatic rings. The third-order valence-corrected chi connectivity index (χ3v) is 3.72. The molecule has 0 aromatic rings. The van der Waals surface area contributed by atoms with Crippen LogP contribution in [0.5, 0.6) is 0 Å². The van der Waals surface area contributed by atoms with Gasteiger partial charge in [-0.1, -0.05) is 30.6 Å². The van der Waals surface area contributed by atoms with Crippen LogP contribution in [0.1, 0.15) is 40.0 Å². The summed E-state index contributed by atoms with van der Waals surface area (Å²) in [5, 5.41) is 0. The number of allylic oxidation sites excluding steroid dienone is 4. The Balaban J connectivity index is 2.22. The van der Waals surface area contributed by atoms with Gasteiger partial charge in [0.1, 0.15) is 0 Å². The van der Waals surface area contributed by atoms with E-state index in [0.29, 0.717) is 0 Å². The van der Waals surface area contributed by atoms with Gasteiger partial charge in [0.2, 0.25) is 0 Å². The van der Waals surface area contributed by atoms with Gasteiger partial charge in [-0.3, -0.25) is 0 Å². The fourth-order valence-electron chi connectivity index (χ4n) is 2.23. The van der Waals surface area contributed by atoms with Crippen molar-refractivity contribution in [2.24, 2.45) is 11.8 Å². The van der Waals surface area contributed by atoms with E-state index in [1.54, 1.807) is 16.7 Å². The quantitative estimate of drug-likeness (QED) is 0.551. The molecule has 0 heterocycles. The number of hydrogen-bond acceptors (Lipinski definition) is 0. The normalized spacial score (nSPS) is 30.6. The first-order chi connectivity index (χ1) is 5.70. The second-order valence-electron chi connectivity index (χ2n) is 4.38. The maximum atomic E-state index is 2.43. The van der Waals surface area contributed by atoms with Gasteiger partial charge in [-0.05, 0) is 44.1 Å². The molecule has 0 aliphatic heterocycles. The number of hydrogen-bond donors (Lipinski definition) is 0. The van der Waals surface area contributed by atoms with Gasteiger partial charge in [0.25, 0.3) is 0 Å². The van der Waals surface area contributed by atoms with Gasteiger partial charge in [0, 0.05) is 0 Å². The van der Waals surface area contributed by atoms with E-state index in [9.17, 15) is 0 Å². The lowest BCUT2D eigenvalue weighted by Crippen LogP contribution is -2.13. The highest BCUT2D eigenvalue weighted by Crippen LogP contribution is 2.42. The summed E-state index contributed by atoms with van der Waals surface area (Å²) in [6.07, 6.45) is 6.75. The molecule has 0 aromatic carbocycles. The molecule has 0 bridgehead atoms. The van der Waals surface area contributed by atoms with Gasteiger partial charge in [-0.15, -0.1) is 0 Å². The van der Waals surface area contributed by atoms with Crippen molar-refractivity contribution in [1.82, 2.24) is 0 Å². The summed E-state index contributed by atoms with van der Waals surface area (Å²) in [5.74, 6) is 1.64. The SMILES string of the molecule is CC1=CC(C2CCC2)=C(C)C1C. The topological polar surface area (TPSA) is 0 Å².